The van der Waals surface area contributed by atoms with E-state index in [2.05, 4.69) is 29.0 Å². The number of hydrogen-bond acceptors (Lipinski definition) is 17. The van der Waals surface area contributed by atoms with Crippen LogP contribution in [0.3, 0.4) is 0 Å². The predicted octanol–water partition coefficient (Wildman–Crippen LogP) is 5.27. The summed E-state index contributed by atoms with van der Waals surface area (Å²) < 4.78 is 18.6. The van der Waals surface area contributed by atoms with Gasteiger partial charge < -0.3 is 55.6 Å². The number of pyridine rings is 1. The van der Waals surface area contributed by atoms with Crippen molar-refractivity contribution in [1.82, 2.24) is 14.9 Å². The number of likely N-dealkylation sites (tertiary alicyclic amines) is 1. The first kappa shape index (κ1) is 54.0. The van der Waals surface area contributed by atoms with E-state index in [0.29, 0.717) is 56.0 Å². The third-order valence-corrected chi connectivity index (χ3v) is 13.8. The number of aliphatic hydroxyl groups excluding tert-OH is 2. The lowest BCUT2D eigenvalue weighted by Gasteiger charge is -2.36. The van der Waals surface area contributed by atoms with Crippen LogP contribution in [0.15, 0.2) is 76.7 Å². The van der Waals surface area contributed by atoms with Crippen LogP contribution in [0.4, 0.5) is 5.69 Å². The number of Topliss-reactive ketones (excluding diaryl/α,β-unsaturated/α-hetero) is 1. The number of carbonyl (C=O) groups is 3. The number of phenolic OH excluding ortho intramolecular Hbond substituents is 2. The molecule has 2 unspecified atom stereocenters. The highest BCUT2D eigenvalue weighted by Gasteiger charge is 2.50. The molecule has 1 aromatic heterocycles. The molecule has 384 valence electrons. The number of rotatable bonds is 7. The first-order valence-corrected chi connectivity index (χ1v) is 24.3. The summed E-state index contributed by atoms with van der Waals surface area (Å²) in [4.78, 5) is 59.3. The number of hydrogen-bond donors (Lipinski definition) is 7. The molecule has 5 aliphatic rings. The molecule has 71 heavy (non-hydrogen) atoms. The van der Waals surface area contributed by atoms with Gasteiger partial charge in [0.2, 0.25) is 0 Å². The summed E-state index contributed by atoms with van der Waals surface area (Å²) in [5.74, 6) is 1.04. The number of anilines is 1. The smallest absolute Gasteiger partial charge is 0.327 e. The van der Waals surface area contributed by atoms with Crippen molar-refractivity contribution in [2.75, 3.05) is 38.6 Å². The summed E-state index contributed by atoms with van der Waals surface area (Å²) in [5, 5.41) is 47.4. The number of piperidine rings is 1. The molecule has 5 aliphatic heterocycles. The zero-order valence-corrected chi connectivity index (χ0v) is 42.6. The lowest BCUT2D eigenvalue weighted by atomic mass is 9.80. The minimum Gasteiger partial charge on any atom is -0.507 e. The van der Waals surface area contributed by atoms with Crippen molar-refractivity contribution in [3.05, 3.63) is 94.3 Å². The second kappa shape index (κ2) is 22.4. The van der Waals surface area contributed by atoms with Crippen molar-refractivity contribution >= 4 is 39.8 Å². The van der Waals surface area contributed by atoms with Crippen molar-refractivity contribution in [3.8, 4) is 17.2 Å². The van der Waals surface area contributed by atoms with Gasteiger partial charge in [0.1, 0.15) is 35.2 Å². The molecule has 18 heteroatoms. The first-order valence-electron chi connectivity index (χ1n) is 24.3. The molecular formula is C53H72N8O10. The largest absolute Gasteiger partial charge is 0.507 e. The first-order chi connectivity index (χ1) is 33.6. The van der Waals surface area contributed by atoms with Gasteiger partial charge in [-0.1, -0.05) is 65.8 Å². The summed E-state index contributed by atoms with van der Waals surface area (Å²) in [6.45, 7) is 18.7. The van der Waals surface area contributed by atoms with E-state index >= 15 is 0 Å². The van der Waals surface area contributed by atoms with Crippen molar-refractivity contribution in [2.45, 2.75) is 112 Å². The number of nitrogens with zero attached hydrogens (tertiary/aromatic N) is 5. The highest BCUT2D eigenvalue weighted by Crippen LogP contribution is 2.50. The SMILES string of the molecule is C/C1=C/C=C/[C@H](C)C[C@@H](C)C(O)[C@@H](C)[C@H](OC(=O)CN(N)/C=C(\N)c2ccccn2)[C@H](C)C/C=C/OC2(C)Oc3c(C)c(O)c4c(O)c(c5c(c4c3C2=O)=NC2(CCN(CC(C)C)CC2)N=5)NC1=O.CO. The molecule has 7 atom stereocenters. The van der Waals surface area contributed by atoms with Gasteiger partial charge in [0.25, 0.3) is 11.7 Å². The van der Waals surface area contributed by atoms with E-state index in [9.17, 15) is 29.7 Å². The number of aliphatic hydroxyl groups is 2. The molecule has 3 aromatic rings. The van der Waals surface area contributed by atoms with Crippen LogP contribution in [0.5, 0.6) is 17.2 Å². The van der Waals surface area contributed by atoms with Crippen LogP contribution in [0, 0.1) is 36.5 Å². The fourth-order valence-electron chi connectivity index (χ4n) is 9.96. The van der Waals surface area contributed by atoms with Crippen LogP contribution in [0.2, 0.25) is 0 Å². The number of ketones is 1. The number of aromatic nitrogens is 1. The van der Waals surface area contributed by atoms with Crippen molar-refractivity contribution in [2.24, 2.45) is 51.2 Å². The Morgan fingerprint density at radius 2 is 1.73 bits per heavy atom. The van der Waals surface area contributed by atoms with E-state index in [-0.39, 0.29) is 79.8 Å². The van der Waals surface area contributed by atoms with Gasteiger partial charge in [-0.3, -0.25) is 29.4 Å². The number of ether oxygens (including phenoxy) is 3. The number of esters is 1. The normalized spacial score (nSPS) is 27.5. The molecule has 18 nitrogen and oxygen atoms in total. The van der Waals surface area contributed by atoms with Crippen LogP contribution in [-0.4, -0.2) is 110 Å². The lowest BCUT2D eigenvalue weighted by Crippen LogP contribution is -2.43. The number of carbonyl (C=O) groups excluding carboxylic acids is 3. The zero-order chi connectivity index (χ0) is 52.1. The molecule has 1 saturated heterocycles. The second-order valence-corrected chi connectivity index (χ2v) is 20.0. The molecule has 1 amide bonds. The van der Waals surface area contributed by atoms with Crippen LogP contribution >= 0.6 is 0 Å². The fraction of sp³-hybridized carbons (Fsp3) is 0.509. The third kappa shape index (κ3) is 11.6. The molecule has 0 saturated carbocycles. The Hall–Kier alpha value is -6.34. The van der Waals surface area contributed by atoms with Gasteiger partial charge in [-0.2, -0.15) is 0 Å². The molecule has 1 spiro atoms. The number of nitrogens with two attached hydrogens (primary N) is 2. The monoisotopic (exact) mass is 981 g/mol. The van der Waals surface area contributed by atoms with Crippen LogP contribution < -0.4 is 32.3 Å². The highest BCUT2D eigenvalue weighted by molar-refractivity contribution is 6.19. The number of fused-ring (bicyclic) bond motifs is 13. The highest BCUT2D eigenvalue weighted by atomic mass is 16.7. The number of nitrogens with one attached hydrogen (secondary N) is 1. The Morgan fingerprint density at radius 3 is 2.39 bits per heavy atom. The number of benzene rings is 2. The van der Waals surface area contributed by atoms with Gasteiger partial charge in [-0.15, -0.1) is 0 Å². The van der Waals surface area contributed by atoms with Gasteiger partial charge in [0.05, 0.1) is 40.1 Å². The standard InChI is InChI=1S/C52H68N8O9.CH4O/c1-28(2)25-59-21-18-52(19-22-59)57-41-38-39-45(63)34(8)48-40(38)49(65)51(9,69-48)67-23-13-16-30(4)47(68-37(61)27-60(54)26-35(53)36-17-10-11-20-55-36)33(7)44(62)32(6)24-29(3)14-12-15-31(5)50(66)56-43(46(39)64)42(41)58-52;1-2/h10-15,17,20,23,26,28-30,32-33,44,47,62-64H,16,18-19,21-22,24-25,27,53-54H2,1-9H3,(H,56,66);2H,1H3/b14-12+,23-13+,31-15-,35-26-;/t29-,30+,32+,33+,44?,47+,51?;/m0./s1. The minimum atomic E-state index is -1.92. The maximum Gasteiger partial charge on any atom is 0.327 e. The molecule has 9 N–H and O–H groups in total. The van der Waals surface area contributed by atoms with E-state index in [1.165, 1.54) is 19.4 Å². The summed E-state index contributed by atoms with van der Waals surface area (Å²) in [6.07, 6.45) is 11.7. The third-order valence-electron chi connectivity index (χ3n) is 13.8. The van der Waals surface area contributed by atoms with E-state index in [1.54, 1.807) is 56.5 Å². The van der Waals surface area contributed by atoms with E-state index in [1.807, 2.05) is 33.8 Å². The van der Waals surface area contributed by atoms with Crippen molar-refractivity contribution in [3.63, 3.8) is 0 Å². The summed E-state index contributed by atoms with van der Waals surface area (Å²) in [7, 11) is 1.00. The predicted molar refractivity (Wildman–Crippen MR) is 270 cm³/mol. The summed E-state index contributed by atoms with van der Waals surface area (Å²) in [6, 6.07) is 5.26. The Labute approximate surface area is 415 Å². The van der Waals surface area contributed by atoms with Crippen LogP contribution in [-0.2, 0) is 19.1 Å². The molecule has 0 radical (unpaired) electrons. The Morgan fingerprint density at radius 1 is 1.04 bits per heavy atom. The summed E-state index contributed by atoms with van der Waals surface area (Å²) >= 11 is 0. The zero-order valence-electron chi connectivity index (χ0n) is 42.6. The molecule has 2 aromatic carbocycles. The van der Waals surface area contributed by atoms with E-state index in [0.717, 1.165) is 18.7 Å². The maximum atomic E-state index is 14.8. The van der Waals surface area contributed by atoms with E-state index in [4.69, 9.17) is 40.9 Å². The number of allylic oxidation sites excluding steroid dienone is 4. The topological polar surface area (TPSA) is 268 Å². The Balaban J connectivity index is 0.00000407. The van der Waals surface area contributed by atoms with Gasteiger partial charge in [0.15, 0.2) is 11.4 Å². The molecule has 8 rings (SSSR count). The quantitative estimate of drug-likeness (QED) is 0.0688. The van der Waals surface area contributed by atoms with Crippen LogP contribution in [0.1, 0.15) is 103 Å². The number of phenols is 2. The summed E-state index contributed by atoms with van der Waals surface area (Å²) in [5.41, 5.74) is 6.52. The number of amides is 1. The number of hydrazine groups is 1. The van der Waals surface area contributed by atoms with Crippen molar-refractivity contribution in [1.29, 1.82) is 0 Å². The lowest BCUT2D eigenvalue weighted by molar-refractivity contribution is -0.159. The van der Waals surface area contributed by atoms with Gasteiger partial charge >= 0.3 is 11.8 Å². The average molecular weight is 981 g/mol. The minimum absolute atomic E-state index is 0.0206. The van der Waals surface area contributed by atoms with Crippen LogP contribution in [0.25, 0.3) is 16.5 Å². The fourth-order valence-corrected chi connectivity index (χ4v) is 9.96. The van der Waals surface area contributed by atoms with E-state index < -0.39 is 53.0 Å². The van der Waals surface area contributed by atoms with Gasteiger partial charge in [0, 0.05) is 81.3 Å². The van der Waals surface area contributed by atoms with Crippen molar-refractivity contribution < 1.29 is 49.0 Å². The molecule has 0 aliphatic carbocycles. The molecular weight excluding hydrogens is 909 g/mol. The maximum absolute atomic E-state index is 14.8. The average Bonchev–Trinajstić information content (AvgIpc) is 3.83. The molecule has 5 bridgehead atoms. The Bertz CT molecular complexity index is 2730. The Kier molecular flexibility index (Phi) is 17.0. The molecule has 6 heterocycles. The molecule has 1 fully saturated rings. The van der Waals surface area contributed by atoms with Gasteiger partial charge in [-0.25, -0.2) is 5.84 Å². The second-order valence-electron chi connectivity index (χ2n) is 20.0. The van der Waals surface area contributed by atoms with Gasteiger partial charge in [-0.05, 0) is 68.6 Å². The number of aromatic hydroxyl groups is 2.